The van der Waals surface area contributed by atoms with Crippen LogP contribution in [0.25, 0.3) is 54.7 Å². The van der Waals surface area contributed by atoms with Crippen LogP contribution in [0.5, 0.6) is 0 Å². The van der Waals surface area contributed by atoms with E-state index >= 15 is 0 Å². The molecule has 3 aliphatic rings. The Balaban J connectivity index is 0.902. The Kier molecular flexibility index (Phi) is 11.3. The molecule has 7 aromatic rings. The zero-order valence-electron chi connectivity index (χ0n) is 36.9. The van der Waals surface area contributed by atoms with Crippen LogP contribution in [0, 0.1) is 17.8 Å². The number of aromatic nitrogens is 4. The van der Waals surface area contributed by atoms with E-state index in [4.69, 9.17) is 19.4 Å². The van der Waals surface area contributed by atoms with Gasteiger partial charge >= 0.3 is 6.09 Å². The van der Waals surface area contributed by atoms with Crippen molar-refractivity contribution in [3.05, 3.63) is 108 Å². The summed E-state index contributed by atoms with van der Waals surface area (Å²) in [7, 11) is 2.98. The molecule has 4 N–H and O–H groups in total. The normalized spacial score (nSPS) is 20.1. The lowest BCUT2D eigenvalue weighted by atomic mass is 9.98. The number of nitrogens with one attached hydrogen (secondary N) is 4. The third-order valence-electron chi connectivity index (χ3n) is 13.6. The van der Waals surface area contributed by atoms with E-state index in [0.29, 0.717) is 19.6 Å². The first-order valence-corrected chi connectivity index (χ1v) is 22.7. The number of carbonyl (C=O) groups is 3. The highest BCUT2D eigenvalue weighted by molar-refractivity contribution is 6.07. The number of fused-ring (bicyclic) bond motifs is 6. The summed E-state index contributed by atoms with van der Waals surface area (Å²) in [5.74, 6) is 1.83. The summed E-state index contributed by atoms with van der Waals surface area (Å²) in [4.78, 5) is 61.2. The average Bonchev–Trinajstić information content (AvgIpc) is 3.61. The second-order valence-electron chi connectivity index (χ2n) is 18.4. The van der Waals surface area contributed by atoms with Crippen molar-refractivity contribution in [2.24, 2.45) is 17.8 Å². The van der Waals surface area contributed by atoms with E-state index < -0.39 is 12.1 Å². The van der Waals surface area contributed by atoms with Crippen LogP contribution < -0.4 is 10.6 Å². The van der Waals surface area contributed by atoms with E-state index in [9.17, 15) is 14.4 Å². The number of nitrogens with zero attached hydrogens (tertiary/aromatic N) is 4. The minimum Gasteiger partial charge on any atom is -0.453 e. The van der Waals surface area contributed by atoms with E-state index in [-0.39, 0.29) is 47.7 Å². The molecule has 3 fully saturated rings. The number of H-pyrrole nitrogens is 2. The summed E-state index contributed by atoms with van der Waals surface area (Å²) in [5.41, 5.74) is 7.09. The Morgan fingerprint density at radius 1 is 0.781 bits per heavy atom. The van der Waals surface area contributed by atoms with Gasteiger partial charge in [0, 0.05) is 42.8 Å². The number of likely N-dealkylation sites (tertiary alicyclic amines) is 2. The number of rotatable bonds is 13. The first-order chi connectivity index (χ1) is 31.1. The molecule has 0 bridgehead atoms. The predicted octanol–water partition coefficient (Wildman–Crippen LogP) is 8.73. The fraction of sp³-hybridized carbons (Fsp3) is 0.392. The molecule has 2 saturated heterocycles. The number of alkyl carbamates (subject to hydrolysis) is 1. The number of aromatic amines is 2. The first kappa shape index (κ1) is 41.7. The Morgan fingerprint density at radius 3 is 2.02 bits per heavy atom. The number of amides is 3. The van der Waals surface area contributed by atoms with Crippen molar-refractivity contribution in [2.75, 3.05) is 40.5 Å². The summed E-state index contributed by atoms with van der Waals surface area (Å²) in [5, 5.41) is 10.4. The zero-order valence-corrected chi connectivity index (χ0v) is 36.9. The van der Waals surface area contributed by atoms with Crippen LogP contribution in [0.15, 0.2) is 91.0 Å². The Labute approximate surface area is 372 Å². The molecule has 5 atom stereocenters. The lowest BCUT2D eigenvalue weighted by molar-refractivity contribution is -0.135. The van der Waals surface area contributed by atoms with Crippen LogP contribution in [0.2, 0.25) is 0 Å². The van der Waals surface area contributed by atoms with Crippen LogP contribution in [-0.4, -0.2) is 94.1 Å². The summed E-state index contributed by atoms with van der Waals surface area (Å²) in [6, 6.07) is 31.0. The maximum absolute atomic E-state index is 14.1. The van der Waals surface area contributed by atoms with Gasteiger partial charge in [0.1, 0.15) is 17.7 Å². The van der Waals surface area contributed by atoms with Gasteiger partial charge in [-0.1, -0.05) is 80.6 Å². The molecule has 5 aromatic carbocycles. The highest BCUT2D eigenvalue weighted by atomic mass is 16.5. The Bertz CT molecular complexity index is 2870. The fourth-order valence-corrected chi connectivity index (χ4v) is 10.1. The third kappa shape index (κ3) is 8.07. The quantitative estimate of drug-likeness (QED) is 0.0897. The second-order valence-corrected chi connectivity index (χ2v) is 18.4. The minimum absolute atomic E-state index is 0.0761. The standard InChI is InChI=1S/C51H56N8O5/c1-29(2)44(57-51(62)64-4)50(61)59-26-30(28-63-3)23-43(59)48-53-40-21-17-36-25-34(15-19-38(36)46(40)56-48)33-14-18-37-35(24-33)16-20-39-45(37)55-47(52-39)42-11-8-22-58(42)27-41(31-9-6-5-7-10-31)54-49(60)32-12-13-32/h5-7,9-10,14-21,24-25,29-30,32,41-44H,8,11-13,22-23,26-28H2,1-4H3,(H,52,55)(H,53,56)(H,54,60)(H,57,62)/t30-,41-,42-,43-,44-/m0/s1. The van der Waals surface area contributed by atoms with E-state index in [1.807, 2.05) is 36.9 Å². The van der Waals surface area contributed by atoms with Crippen molar-refractivity contribution < 1.29 is 23.9 Å². The fourth-order valence-electron chi connectivity index (χ4n) is 10.1. The van der Waals surface area contributed by atoms with Crippen molar-refractivity contribution in [1.82, 2.24) is 40.4 Å². The molecule has 13 nitrogen and oxygen atoms in total. The van der Waals surface area contributed by atoms with E-state index in [0.717, 1.165) is 111 Å². The monoisotopic (exact) mass is 860 g/mol. The van der Waals surface area contributed by atoms with Crippen LogP contribution in [0.3, 0.4) is 0 Å². The molecule has 64 heavy (non-hydrogen) atoms. The van der Waals surface area contributed by atoms with Gasteiger partial charge < -0.3 is 35.0 Å². The zero-order chi connectivity index (χ0) is 44.1. The van der Waals surface area contributed by atoms with Crippen LogP contribution >= 0.6 is 0 Å². The molecule has 2 aliphatic heterocycles. The van der Waals surface area contributed by atoms with Crippen molar-refractivity contribution in [3.8, 4) is 11.1 Å². The summed E-state index contributed by atoms with van der Waals surface area (Å²) < 4.78 is 10.4. The van der Waals surface area contributed by atoms with Gasteiger partial charge in [0.15, 0.2) is 0 Å². The molecule has 3 amide bonds. The molecule has 330 valence electrons. The highest BCUT2D eigenvalue weighted by Crippen LogP contribution is 2.39. The average molecular weight is 861 g/mol. The molecule has 0 unspecified atom stereocenters. The molecular weight excluding hydrogens is 805 g/mol. The summed E-state index contributed by atoms with van der Waals surface area (Å²) in [6.07, 6.45) is 4.11. The second kappa shape index (κ2) is 17.3. The molecular formula is C51H56N8O5. The van der Waals surface area contributed by atoms with Crippen molar-refractivity contribution in [2.45, 2.75) is 70.1 Å². The summed E-state index contributed by atoms with van der Waals surface area (Å²) in [6.45, 7) is 6.54. The van der Waals surface area contributed by atoms with E-state index in [1.54, 1.807) is 7.11 Å². The van der Waals surface area contributed by atoms with Gasteiger partial charge in [-0.25, -0.2) is 14.8 Å². The van der Waals surface area contributed by atoms with Crippen LogP contribution in [-0.2, 0) is 19.1 Å². The van der Waals surface area contributed by atoms with Crippen LogP contribution in [0.4, 0.5) is 4.79 Å². The Hall–Kier alpha value is -6.31. The molecule has 1 saturated carbocycles. The van der Waals surface area contributed by atoms with Crippen molar-refractivity contribution >= 4 is 61.5 Å². The topological polar surface area (TPSA) is 158 Å². The molecule has 0 radical (unpaired) electrons. The van der Waals surface area contributed by atoms with Gasteiger partial charge in [-0.3, -0.25) is 14.5 Å². The lowest BCUT2D eigenvalue weighted by Gasteiger charge is -2.30. The third-order valence-corrected chi connectivity index (χ3v) is 13.6. The minimum atomic E-state index is -0.738. The number of methoxy groups -OCH3 is 2. The number of ether oxygens (including phenoxy) is 2. The molecule has 10 rings (SSSR count). The van der Waals surface area contributed by atoms with Gasteiger partial charge in [0.25, 0.3) is 0 Å². The maximum atomic E-state index is 14.1. The van der Waals surface area contributed by atoms with Gasteiger partial charge in [0.05, 0.1) is 53.9 Å². The number of hydrogen-bond donors (Lipinski definition) is 4. The molecule has 4 heterocycles. The van der Waals surface area contributed by atoms with Crippen molar-refractivity contribution in [1.29, 1.82) is 0 Å². The van der Waals surface area contributed by atoms with Gasteiger partial charge in [-0.15, -0.1) is 0 Å². The molecule has 13 heteroatoms. The number of hydrogen-bond acceptors (Lipinski definition) is 8. The van der Waals surface area contributed by atoms with E-state index in [2.05, 4.69) is 98.3 Å². The van der Waals surface area contributed by atoms with Crippen molar-refractivity contribution in [3.63, 3.8) is 0 Å². The van der Waals surface area contributed by atoms with Gasteiger partial charge in [-0.2, -0.15) is 0 Å². The first-order valence-electron chi connectivity index (χ1n) is 22.7. The highest BCUT2D eigenvalue weighted by Gasteiger charge is 2.42. The number of imidazole rings is 2. The lowest BCUT2D eigenvalue weighted by Crippen LogP contribution is -2.51. The maximum Gasteiger partial charge on any atom is 0.407 e. The smallest absolute Gasteiger partial charge is 0.407 e. The molecule has 0 spiro atoms. The number of benzene rings is 5. The summed E-state index contributed by atoms with van der Waals surface area (Å²) >= 11 is 0. The van der Waals surface area contributed by atoms with E-state index in [1.165, 1.54) is 7.11 Å². The number of carbonyl (C=O) groups excluding carboxylic acids is 3. The van der Waals surface area contributed by atoms with Crippen LogP contribution in [0.1, 0.15) is 81.3 Å². The Morgan fingerprint density at radius 2 is 1.42 bits per heavy atom. The van der Waals surface area contributed by atoms with Gasteiger partial charge in [0.2, 0.25) is 11.8 Å². The SMILES string of the molecule is COC[C@H]1C[C@@H](c2nc3c(ccc4cc(-c5ccc6c(ccc7[nH]c([C@@H]8CCCN8C[C@H](NC(=O)C8CC8)c8ccccc8)nc76)c5)ccc43)[nH]2)N(C(=O)[C@@H](NC(=O)OC)C(C)C)C1. The van der Waals surface area contributed by atoms with Gasteiger partial charge in [-0.05, 0) is 96.3 Å². The largest absolute Gasteiger partial charge is 0.453 e. The predicted molar refractivity (Wildman–Crippen MR) is 248 cm³/mol. The molecule has 1 aliphatic carbocycles. The molecule has 2 aromatic heterocycles.